The van der Waals surface area contributed by atoms with E-state index in [0.29, 0.717) is 17.1 Å². The highest BCUT2D eigenvalue weighted by molar-refractivity contribution is 8.13. The van der Waals surface area contributed by atoms with Gasteiger partial charge in [0.15, 0.2) is 0 Å². The molecule has 0 spiro atoms. The maximum absolute atomic E-state index is 12.8. The molecule has 0 bridgehead atoms. The Morgan fingerprint density at radius 2 is 1.66 bits per heavy atom. The molecule has 1 N–H and O–H groups in total. The number of hydrogen-bond acceptors (Lipinski definition) is 4. The predicted octanol–water partition coefficient (Wildman–Crippen LogP) is 3.92. The van der Waals surface area contributed by atoms with Crippen molar-refractivity contribution >= 4 is 28.6 Å². The lowest BCUT2D eigenvalue weighted by molar-refractivity contribution is 0.102. The van der Waals surface area contributed by atoms with E-state index >= 15 is 0 Å². The molecule has 0 unspecified atom stereocenters. The fourth-order valence-electron chi connectivity index (χ4n) is 2.65. The van der Waals surface area contributed by atoms with Gasteiger partial charge in [0, 0.05) is 25.2 Å². The van der Waals surface area contributed by atoms with Gasteiger partial charge in [0.2, 0.25) is 0 Å². The van der Waals surface area contributed by atoms with Gasteiger partial charge >= 0.3 is 0 Å². The number of aromatic nitrogens is 1. The summed E-state index contributed by atoms with van der Waals surface area (Å²) >= 11 is 1.01. The van der Waals surface area contributed by atoms with E-state index in [4.69, 9.17) is 0 Å². The summed E-state index contributed by atoms with van der Waals surface area (Å²) in [6.07, 6.45) is 1.66. The van der Waals surface area contributed by atoms with Crippen LogP contribution < -0.4 is 10.9 Å². The molecule has 1 heterocycles. The number of benzene rings is 2. The number of carbonyl (C=O) groups excluding carboxylic acids is 2. The number of carbonyl (C=O) groups is 2. The molecule has 7 heteroatoms. The molecule has 0 fully saturated rings. The molecule has 6 nitrogen and oxygen atoms in total. The first kappa shape index (κ1) is 20.4. The molecular formula is C22H21N3O3S. The van der Waals surface area contributed by atoms with Gasteiger partial charge in [-0.05, 0) is 41.6 Å². The van der Waals surface area contributed by atoms with Crippen LogP contribution in [-0.4, -0.2) is 34.7 Å². The Balaban J connectivity index is 1.83. The third-order valence-electron chi connectivity index (χ3n) is 4.16. The maximum atomic E-state index is 12.8. The van der Waals surface area contributed by atoms with E-state index < -0.39 is 5.91 Å². The normalized spacial score (nSPS) is 10.4. The Kier molecular flexibility index (Phi) is 6.51. The Morgan fingerprint density at radius 3 is 2.38 bits per heavy atom. The summed E-state index contributed by atoms with van der Waals surface area (Å²) in [6.45, 7) is 0.380. The summed E-state index contributed by atoms with van der Waals surface area (Å²) in [6, 6.07) is 19.7. The van der Waals surface area contributed by atoms with Gasteiger partial charge in [-0.2, -0.15) is 0 Å². The lowest BCUT2D eigenvalue weighted by atomic mass is 10.2. The molecule has 0 atom stereocenters. The van der Waals surface area contributed by atoms with Crippen molar-refractivity contribution < 1.29 is 9.59 Å². The Hall–Kier alpha value is -3.32. The zero-order valence-corrected chi connectivity index (χ0v) is 17.0. The number of nitrogens with zero attached hydrogens (tertiary/aromatic N) is 2. The van der Waals surface area contributed by atoms with Crippen molar-refractivity contribution in [2.75, 3.05) is 19.4 Å². The van der Waals surface area contributed by atoms with Crippen LogP contribution in [0, 0.1) is 0 Å². The summed E-state index contributed by atoms with van der Waals surface area (Å²) in [5.74, 6) is -0.511. The number of anilines is 1. The quantitative estimate of drug-likeness (QED) is 0.651. The van der Waals surface area contributed by atoms with E-state index in [1.54, 1.807) is 50.6 Å². The van der Waals surface area contributed by atoms with Crippen molar-refractivity contribution in [1.29, 1.82) is 0 Å². The number of thioether (sulfide) groups is 1. The van der Waals surface area contributed by atoms with Crippen LogP contribution >= 0.6 is 11.8 Å². The first-order valence-electron chi connectivity index (χ1n) is 8.98. The average molecular weight is 407 g/mol. The molecule has 0 aliphatic heterocycles. The van der Waals surface area contributed by atoms with Crippen molar-refractivity contribution in [3.05, 3.63) is 94.4 Å². The first-order valence-corrected chi connectivity index (χ1v) is 9.80. The maximum Gasteiger partial charge on any atom is 0.286 e. The van der Waals surface area contributed by atoms with E-state index in [9.17, 15) is 14.4 Å². The monoisotopic (exact) mass is 407 g/mol. The van der Waals surface area contributed by atoms with Crippen LogP contribution in [0.15, 0.2) is 82.6 Å². The van der Waals surface area contributed by atoms with Crippen LogP contribution in [0.2, 0.25) is 0 Å². The molecule has 0 aliphatic carbocycles. The Bertz CT molecular complexity index is 1080. The van der Waals surface area contributed by atoms with Crippen LogP contribution in [0.1, 0.15) is 15.9 Å². The van der Waals surface area contributed by atoms with E-state index in [1.807, 2.05) is 30.3 Å². The van der Waals surface area contributed by atoms with Crippen molar-refractivity contribution in [2.45, 2.75) is 11.4 Å². The van der Waals surface area contributed by atoms with E-state index in [2.05, 4.69) is 5.32 Å². The summed E-state index contributed by atoms with van der Waals surface area (Å²) < 4.78 is 1.50. The van der Waals surface area contributed by atoms with Gasteiger partial charge in [-0.15, -0.1) is 0 Å². The average Bonchev–Trinajstić information content (AvgIpc) is 2.71. The molecule has 0 saturated heterocycles. The summed E-state index contributed by atoms with van der Waals surface area (Å²) in [7, 11) is 3.32. The van der Waals surface area contributed by atoms with E-state index in [-0.39, 0.29) is 16.4 Å². The van der Waals surface area contributed by atoms with Crippen LogP contribution in [0.25, 0.3) is 0 Å². The van der Waals surface area contributed by atoms with Crippen molar-refractivity contribution in [3.8, 4) is 0 Å². The molecule has 2 aromatic carbocycles. The first-order chi connectivity index (χ1) is 14.0. The highest BCUT2D eigenvalue weighted by Gasteiger charge is 2.16. The zero-order chi connectivity index (χ0) is 20.8. The third kappa shape index (κ3) is 5.14. The predicted molar refractivity (Wildman–Crippen MR) is 116 cm³/mol. The number of amides is 2. The smallest absolute Gasteiger partial charge is 0.286 e. The largest absolute Gasteiger partial charge is 0.339 e. The van der Waals surface area contributed by atoms with Gasteiger partial charge in [-0.1, -0.05) is 42.5 Å². The standard InChI is InChI=1S/C22H21N3O3S/c1-24(2)22(28)29-19-13-7-6-12-18(19)23-20(26)17-11-8-14-25(21(17)27)15-16-9-4-3-5-10-16/h3-14H,15H2,1-2H3,(H,23,26). The molecule has 3 rings (SSSR count). The van der Waals surface area contributed by atoms with Gasteiger partial charge in [0.05, 0.1) is 12.2 Å². The summed E-state index contributed by atoms with van der Waals surface area (Å²) in [4.78, 5) is 39.7. The Labute approximate surface area is 173 Å². The van der Waals surface area contributed by atoms with Gasteiger partial charge < -0.3 is 14.8 Å². The minimum absolute atomic E-state index is 0.0437. The summed E-state index contributed by atoms with van der Waals surface area (Å²) in [5.41, 5.74) is 1.12. The lowest BCUT2D eigenvalue weighted by Crippen LogP contribution is -2.29. The topological polar surface area (TPSA) is 71.4 Å². The van der Waals surface area contributed by atoms with Gasteiger partial charge in [-0.3, -0.25) is 14.4 Å². The van der Waals surface area contributed by atoms with Crippen LogP contribution in [0.5, 0.6) is 0 Å². The highest BCUT2D eigenvalue weighted by atomic mass is 32.2. The second-order valence-electron chi connectivity index (χ2n) is 6.55. The highest BCUT2D eigenvalue weighted by Crippen LogP contribution is 2.28. The molecule has 0 radical (unpaired) electrons. The molecule has 0 aliphatic rings. The third-order valence-corrected chi connectivity index (χ3v) is 5.27. The summed E-state index contributed by atoms with van der Waals surface area (Å²) in [5, 5.41) is 2.60. The van der Waals surface area contributed by atoms with E-state index in [0.717, 1.165) is 17.3 Å². The van der Waals surface area contributed by atoms with Crippen LogP contribution in [0.3, 0.4) is 0 Å². The minimum Gasteiger partial charge on any atom is -0.339 e. The van der Waals surface area contributed by atoms with Crippen LogP contribution in [0.4, 0.5) is 10.5 Å². The Morgan fingerprint density at radius 1 is 0.966 bits per heavy atom. The SMILES string of the molecule is CN(C)C(=O)Sc1ccccc1NC(=O)c1cccn(Cc2ccccc2)c1=O. The molecule has 0 saturated carbocycles. The second kappa shape index (κ2) is 9.25. The molecule has 29 heavy (non-hydrogen) atoms. The zero-order valence-electron chi connectivity index (χ0n) is 16.2. The second-order valence-corrected chi connectivity index (χ2v) is 7.55. The molecular weight excluding hydrogens is 386 g/mol. The van der Waals surface area contributed by atoms with Crippen LogP contribution in [-0.2, 0) is 6.54 Å². The molecule has 3 aromatic rings. The fourth-order valence-corrected chi connectivity index (χ4v) is 3.39. The lowest BCUT2D eigenvalue weighted by Gasteiger charge is -2.13. The van der Waals surface area contributed by atoms with Gasteiger partial charge in [0.1, 0.15) is 5.56 Å². The molecule has 1 aromatic heterocycles. The number of nitrogens with one attached hydrogen (secondary N) is 1. The number of hydrogen-bond donors (Lipinski definition) is 1. The van der Waals surface area contributed by atoms with Gasteiger partial charge in [-0.25, -0.2) is 0 Å². The number of rotatable bonds is 5. The molecule has 2 amide bonds. The van der Waals surface area contributed by atoms with Gasteiger partial charge in [0.25, 0.3) is 16.7 Å². The minimum atomic E-state index is -0.511. The van der Waals surface area contributed by atoms with Crippen molar-refractivity contribution in [2.24, 2.45) is 0 Å². The van der Waals surface area contributed by atoms with Crippen molar-refractivity contribution in [1.82, 2.24) is 9.47 Å². The number of para-hydroxylation sites is 1. The molecule has 148 valence electrons. The fraction of sp³-hybridized carbons (Fsp3) is 0.136. The van der Waals surface area contributed by atoms with Crippen molar-refractivity contribution in [3.63, 3.8) is 0 Å². The van der Waals surface area contributed by atoms with E-state index in [1.165, 1.54) is 15.5 Å². The number of pyridine rings is 1.